The molecule has 0 radical (unpaired) electrons. The second-order valence-electron chi connectivity index (χ2n) is 4.70. The minimum Gasteiger partial charge on any atom is -0.507 e. The van der Waals surface area contributed by atoms with Gasteiger partial charge in [-0.15, -0.1) is 0 Å². The van der Waals surface area contributed by atoms with Crippen molar-refractivity contribution in [1.82, 2.24) is 0 Å². The first-order valence-corrected chi connectivity index (χ1v) is 6.62. The van der Waals surface area contributed by atoms with E-state index >= 15 is 0 Å². The molecule has 0 atom stereocenters. The van der Waals surface area contributed by atoms with Gasteiger partial charge >= 0.3 is 0 Å². The van der Waals surface area contributed by atoms with Gasteiger partial charge in [-0.2, -0.15) is 0 Å². The maximum Gasteiger partial charge on any atom is 0.235 e. The Labute approximate surface area is 127 Å². The van der Waals surface area contributed by atoms with Crippen LogP contribution in [0.4, 0.5) is 0 Å². The van der Waals surface area contributed by atoms with E-state index < -0.39 is 0 Å². The van der Waals surface area contributed by atoms with E-state index in [1.807, 2.05) is 0 Å². The predicted molar refractivity (Wildman–Crippen MR) is 80.6 cm³/mol. The van der Waals surface area contributed by atoms with E-state index in [4.69, 9.17) is 14.2 Å². The number of phenols is 1. The third kappa shape index (κ3) is 2.26. The molecule has 5 heteroatoms. The van der Waals surface area contributed by atoms with Gasteiger partial charge in [0.15, 0.2) is 5.76 Å². The van der Waals surface area contributed by atoms with Gasteiger partial charge in [0.2, 0.25) is 5.78 Å². The lowest BCUT2D eigenvalue weighted by atomic mass is 10.1. The van der Waals surface area contributed by atoms with Crippen LogP contribution in [-0.4, -0.2) is 25.1 Å². The lowest BCUT2D eigenvalue weighted by Crippen LogP contribution is -1.99. The second-order valence-corrected chi connectivity index (χ2v) is 4.70. The molecule has 0 aromatic heterocycles. The van der Waals surface area contributed by atoms with Gasteiger partial charge in [-0.1, -0.05) is 6.07 Å². The molecular weight excluding hydrogens is 284 g/mol. The number of benzene rings is 2. The van der Waals surface area contributed by atoms with E-state index in [-0.39, 0.29) is 22.9 Å². The van der Waals surface area contributed by atoms with Gasteiger partial charge in [0.05, 0.1) is 14.2 Å². The van der Waals surface area contributed by atoms with Crippen LogP contribution in [0, 0.1) is 0 Å². The Hall–Kier alpha value is -2.95. The number of fused-ring (bicyclic) bond motifs is 1. The SMILES string of the molecule is COc1ccc(/C=C2\Oc3cccc(O)c3C2=O)c(OC)c1. The van der Waals surface area contributed by atoms with Gasteiger partial charge in [-0.3, -0.25) is 4.79 Å². The summed E-state index contributed by atoms with van der Waals surface area (Å²) < 4.78 is 16.0. The molecule has 0 amide bonds. The second kappa shape index (κ2) is 5.44. The Morgan fingerprint density at radius 2 is 1.95 bits per heavy atom. The highest BCUT2D eigenvalue weighted by atomic mass is 16.5. The van der Waals surface area contributed by atoms with E-state index in [9.17, 15) is 9.90 Å². The molecule has 0 saturated heterocycles. The Morgan fingerprint density at radius 1 is 1.14 bits per heavy atom. The summed E-state index contributed by atoms with van der Waals surface area (Å²) in [5.41, 5.74) is 0.861. The van der Waals surface area contributed by atoms with Gasteiger partial charge in [-0.25, -0.2) is 0 Å². The van der Waals surface area contributed by atoms with E-state index in [1.54, 1.807) is 43.5 Å². The molecule has 1 aliphatic rings. The van der Waals surface area contributed by atoms with Crippen molar-refractivity contribution in [1.29, 1.82) is 0 Å². The number of phenolic OH excluding ortho intramolecular Hbond substituents is 1. The van der Waals surface area contributed by atoms with Crippen molar-refractivity contribution in [3.63, 3.8) is 0 Å². The van der Waals surface area contributed by atoms with E-state index in [2.05, 4.69) is 0 Å². The molecule has 22 heavy (non-hydrogen) atoms. The molecule has 2 aromatic carbocycles. The molecule has 5 nitrogen and oxygen atoms in total. The van der Waals surface area contributed by atoms with Crippen molar-refractivity contribution in [3.8, 4) is 23.0 Å². The summed E-state index contributed by atoms with van der Waals surface area (Å²) in [6.07, 6.45) is 1.58. The minimum atomic E-state index is -0.356. The highest BCUT2D eigenvalue weighted by molar-refractivity contribution is 6.16. The first-order chi connectivity index (χ1) is 10.6. The number of carbonyl (C=O) groups is 1. The molecule has 0 saturated carbocycles. The lowest BCUT2D eigenvalue weighted by molar-refractivity contribution is 0.101. The van der Waals surface area contributed by atoms with Gasteiger partial charge < -0.3 is 19.3 Å². The average molecular weight is 298 g/mol. The zero-order valence-corrected chi connectivity index (χ0v) is 12.1. The fourth-order valence-electron chi connectivity index (χ4n) is 2.29. The van der Waals surface area contributed by atoms with Crippen molar-refractivity contribution < 1.29 is 24.1 Å². The number of aromatic hydroxyl groups is 1. The molecule has 1 N–H and O–H groups in total. The Bertz CT molecular complexity index is 777. The number of carbonyl (C=O) groups excluding carboxylic acids is 1. The van der Waals surface area contributed by atoms with Crippen molar-refractivity contribution in [3.05, 3.63) is 53.3 Å². The number of Topliss-reactive ketones (excluding diaryl/α,β-unsaturated/α-hetero) is 1. The summed E-state index contributed by atoms with van der Waals surface area (Å²) in [5, 5.41) is 9.79. The van der Waals surface area contributed by atoms with E-state index in [1.165, 1.54) is 13.2 Å². The zero-order chi connectivity index (χ0) is 15.7. The minimum absolute atomic E-state index is 0.0902. The molecular formula is C17H14O5. The monoisotopic (exact) mass is 298 g/mol. The number of hydrogen-bond acceptors (Lipinski definition) is 5. The fraction of sp³-hybridized carbons (Fsp3) is 0.118. The van der Waals surface area contributed by atoms with Gasteiger partial charge in [0, 0.05) is 11.6 Å². The summed E-state index contributed by atoms with van der Waals surface area (Å²) in [6.45, 7) is 0. The molecule has 0 unspecified atom stereocenters. The molecule has 2 aromatic rings. The average Bonchev–Trinajstić information content (AvgIpc) is 2.85. The number of allylic oxidation sites excluding steroid dienone is 1. The number of ketones is 1. The molecule has 0 aliphatic carbocycles. The van der Waals surface area contributed by atoms with Crippen LogP contribution in [0.3, 0.4) is 0 Å². The van der Waals surface area contributed by atoms with Crippen LogP contribution in [0.15, 0.2) is 42.2 Å². The summed E-state index contributed by atoms with van der Waals surface area (Å²) >= 11 is 0. The van der Waals surface area contributed by atoms with Crippen LogP contribution >= 0.6 is 0 Å². The molecule has 1 heterocycles. The number of rotatable bonds is 3. The summed E-state index contributed by atoms with van der Waals surface area (Å²) in [6, 6.07) is 9.97. The van der Waals surface area contributed by atoms with Gasteiger partial charge in [0.25, 0.3) is 0 Å². The van der Waals surface area contributed by atoms with Crippen LogP contribution in [0.5, 0.6) is 23.0 Å². The Morgan fingerprint density at radius 3 is 2.64 bits per heavy atom. The quantitative estimate of drug-likeness (QED) is 0.882. The number of ether oxygens (including phenoxy) is 3. The molecule has 3 rings (SSSR count). The molecule has 112 valence electrons. The largest absolute Gasteiger partial charge is 0.507 e. The highest BCUT2D eigenvalue weighted by Crippen LogP contribution is 2.38. The van der Waals surface area contributed by atoms with E-state index in [0.29, 0.717) is 22.8 Å². The molecule has 0 spiro atoms. The van der Waals surface area contributed by atoms with Crippen LogP contribution < -0.4 is 14.2 Å². The van der Waals surface area contributed by atoms with Crippen molar-refractivity contribution in [2.75, 3.05) is 14.2 Å². The Kier molecular flexibility index (Phi) is 3.47. The standard InChI is InChI=1S/C17H14O5/c1-20-11-7-6-10(14(9-11)21-2)8-15-17(19)16-12(18)4-3-5-13(16)22-15/h3-9,18H,1-2H3/b15-8-. The smallest absolute Gasteiger partial charge is 0.235 e. The maximum absolute atomic E-state index is 12.3. The maximum atomic E-state index is 12.3. The van der Waals surface area contributed by atoms with Crippen molar-refractivity contribution in [2.24, 2.45) is 0 Å². The highest BCUT2D eigenvalue weighted by Gasteiger charge is 2.30. The first-order valence-electron chi connectivity index (χ1n) is 6.62. The normalized spacial score (nSPS) is 14.6. The van der Waals surface area contributed by atoms with Crippen molar-refractivity contribution in [2.45, 2.75) is 0 Å². The fourth-order valence-corrected chi connectivity index (χ4v) is 2.29. The van der Waals surface area contributed by atoms with Gasteiger partial charge in [-0.05, 0) is 30.3 Å². The summed E-state index contributed by atoms with van der Waals surface area (Å²) in [5.74, 6) is 1.25. The van der Waals surface area contributed by atoms with Crippen LogP contribution in [0.2, 0.25) is 0 Å². The Balaban J connectivity index is 2.01. The first kappa shape index (κ1) is 14.0. The summed E-state index contributed by atoms with van der Waals surface area (Å²) in [4.78, 5) is 12.3. The number of methoxy groups -OCH3 is 2. The van der Waals surface area contributed by atoms with Crippen molar-refractivity contribution >= 4 is 11.9 Å². The van der Waals surface area contributed by atoms with E-state index in [0.717, 1.165) is 0 Å². The molecule has 0 bridgehead atoms. The number of hydrogen-bond donors (Lipinski definition) is 1. The lowest BCUT2D eigenvalue weighted by Gasteiger charge is -2.07. The summed E-state index contributed by atoms with van der Waals surface area (Å²) in [7, 11) is 3.10. The zero-order valence-electron chi connectivity index (χ0n) is 12.1. The van der Waals surface area contributed by atoms with Crippen LogP contribution in [-0.2, 0) is 0 Å². The third-order valence-electron chi connectivity index (χ3n) is 3.40. The molecule has 0 fully saturated rings. The van der Waals surface area contributed by atoms with Gasteiger partial charge in [0.1, 0.15) is 28.6 Å². The molecule has 1 aliphatic heterocycles. The topological polar surface area (TPSA) is 65.0 Å². The van der Waals surface area contributed by atoms with Crippen LogP contribution in [0.1, 0.15) is 15.9 Å². The predicted octanol–water partition coefficient (Wildman–Crippen LogP) is 3.03. The third-order valence-corrected chi connectivity index (χ3v) is 3.40. The van der Waals surface area contributed by atoms with Crippen LogP contribution in [0.25, 0.3) is 6.08 Å².